The van der Waals surface area contributed by atoms with Crippen LogP contribution in [0.3, 0.4) is 0 Å². The van der Waals surface area contributed by atoms with Crippen molar-refractivity contribution in [3.05, 3.63) is 162 Å². The highest BCUT2D eigenvalue weighted by molar-refractivity contribution is 5.75. The highest BCUT2D eigenvalue weighted by atomic mass is 16.3. The van der Waals surface area contributed by atoms with Gasteiger partial charge in [0.2, 0.25) is 0 Å². The minimum atomic E-state index is -0.152. The molecule has 1 aromatic rings. The molecule has 3 rings (SSSR count). The van der Waals surface area contributed by atoms with E-state index in [-0.39, 0.29) is 11.3 Å². The standard InChI is InChI=1S/C34H37NO/c1-5-14-32-30(6-2)31(33(34(32,3)4)25-26-20-22-29(36)23-21-26)19-12-8-11-17-28(18-13-24-35)27-15-9-7-10-16-27/h5-20,22-26,36H,2,21,35H2,1,3-4H3/b12-8+,14-5-,17-11-,24-13+,28-18+,31-19-,33-25+. The van der Waals surface area contributed by atoms with Gasteiger partial charge in [-0.1, -0.05) is 118 Å². The van der Waals surface area contributed by atoms with Crippen molar-refractivity contribution < 1.29 is 5.11 Å². The summed E-state index contributed by atoms with van der Waals surface area (Å²) in [6, 6.07) is 10.2. The average Bonchev–Trinajstić information content (AvgIpc) is 3.08. The SMILES string of the molecule is C=CC1=C(/C=C\C)C(C)(C)C(=C/C2C=CC(O)=CC2)/C1=C\C=C\C=C/C(=C\C=C\N)c1ccccc1. The largest absolute Gasteiger partial charge is 0.508 e. The second-order valence-corrected chi connectivity index (χ2v) is 9.32. The Bertz CT molecular complexity index is 1250. The predicted molar refractivity (Wildman–Crippen MR) is 156 cm³/mol. The molecule has 36 heavy (non-hydrogen) atoms. The number of aliphatic hydroxyl groups excluding tert-OH is 1. The van der Waals surface area contributed by atoms with Crippen LogP contribution < -0.4 is 5.73 Å². The Balaban J connectivity index is 1.96. The second-order valence-electron chi connectivity index (χ2n) is 9.32. The van der Waals surface area contributed by atoms with E-state index in [2.05, 4.69) is 88.1 Å². The zero-order valence-corrected chi connectivity index (χ0v) is 21.6. The summed E-state index contributed by atoms with van der Waals surface area (Å²) in [5, 5.41) is 9.74. The molecule has 2 heteroatoms. The summed E-state index contributed by atoms with van der Waals surface area (Å²) in [6.45, 7) is 10.7. The summed E-state index contributed by atoms with van der Waals surface area (Å²) in [5.41, 5.74) is 12.5. The lowest BCUT2D eigenvalue weighted by molar-refractivity contribution is 0.424. The highest BCUT2D eigenvalue weighted by Crippen LogP contribution is 2.51. The third-order valence-corrected chi connectivity index (χ3v) is 6.50. The van der Waals surface area contributed by atoms with E-state index < -0.39 is 0 Å². The van der Waals surface area contributed by atoms with Gasteiger partial charge in [-0.05, 0) is 77.1 Å². The molecule has 0 saturated carbocycles. The molecular formula is C34H37NO. The molecule has 2 aliphatic rings. The Labute approximate surface area is 216 Å². The normalized spacial score (nSPS) is 22.8. The van der Waals surface area contributed by atoms with Crippen molar-refractivity contribution in [3.63, 3.8) is 0 Å². The average molecular weight is 476 g/mol. The molecule has 0 aliphatic heterocycles. The van der Waals surface area contributed by atoms with Gasteiger partial charge in [0.05, 0.1) is 0 Å². The summed E-state index contributed by atoms with van der Waals surface area (Å²) in [6.07, 6.45) is 30.9. The van der Waals surface area contributed by atoms with Crippen molar-refractivity contribution in [3.8, 4) is 0 Å². The van der Waals surface area contributed by atoms with Gasteiger partial charge >= 0.3 is 0 Å². The summed E-state index contributed by atoms with van der Waals surface area (Å²) in [5.74, 6) is 0.582. The Kier molecular flexibility index (Phi) is 9.30. The Morgan fingerprint density at radius 1 is 1.11 bits per heavy atom. The monoisotopic (exact) mass is 475 g/mol. The fourth-order valence-corrected chi connectivity index (χ4v) is 4.65. The predicted octanol–water partition coefficient (Wildman–Crippen LogP) is 8.62. The smallest absolute Gasteiger partial charge is 0.111 e. The Morgan fingerprint density at radius 3 is 2.53 bits per heavy atom. The zero-order chi connectivity index (χ0) is 26.0. The zero-order valence-electron chi connectivity index (χ0n) is 21.6. The molecule has 184 valence electrons. The molecule has 0 amide bonds. The number of allylic oxidation sites excluding steroid dienone is 19. The molecule has 3 N–H and O–H groups in total. The highest BCUT2D eigenvalue weighted by Gasteiger charge is 2.38. The van der Waals surface area contributed by atoms with Gasteiger partial charge in [-0.15, -0.1) is 0 Å². The Morgan fingerprint density at radius 2 is 1.89 bits per heavy atom. The van der Waals surface area contributed by atoms with Crippen LogP contribution >= 0.6 is 0 Å². The van der Waals surface area contributed by atoms with Gasteiger partial charge in [0.15, 0.2) is 0 Å². The van der Waals surface area contributed by atoms with E-state index in [4.69, 9.17) is 5.73 Å². The molecule has 0 heterocycles. The van der Waals surface area contributed by atoms with Crippen LogP contribution in [-0.4, -0.2) is 5.11 Å². The van der Waals surface area contributed by atoms with Crippen LogP contribution in [0, 0.1) is 11.3 Å². The van der Waals surface area contributed by atoms with Crippen molar-refractivity contribution in [1.82, 2.24) is 0 Å². The molecule has 0 radical (unpaired) electrons. The Hall–Kier alpha value is -4.04. The summed E-state index contributed by atoms with van der Waals surface area (Å²) < 4.78 is 0. The van der Waals surface area contributed by atoms with E-state index in [0.717, 1.165) is 23.1 Å². The fraction of sp³-hybridized carbons (Fsp3) is 0.176. The molecule has 2 nitrogen and oxygen atoms in total. The molecule has 0 saturated heterocycles. The van der Waals surface area contributed by atoms with E-state index in [1.807, 2.05) is 48.6 Å². The van der Waals surface area contributed by atoms with Crippen molar-refractivity contribution in [2.45, 2.75) is 27.2 Å². The minimum Gasteiger partial charge on any atom is -0.508 e. The summed E-state index contributed by atoms with van der Waals surface area (Å²) in [7, 11) is 0. The van der Waals surface area contributed by atoms with Gasteiger partial charge in [0.1, 0.15) is 5.76 Å². The lowest BCUT2D eigenvalue weighted by Gasteiger charge is -2.25. The topological polar surface area (TPSA) is 46.2 Å². The lowest BCUT2D eigenvalue weighted by atomic mass is 9.78. The third kappa shape index (κ3) is 6.34. The first-order valence-electron chi connectivity index (χ1n) is 12.4. The van der Waals surface area contributed by atoms with Gasteiger partial charge in [0.25, 0.3) is 0 Å². The number of aliphatic hydroxyl groups is 1. The molecule has 0 spiro atoms. The van der Waals surface area contributed by atoms with Crippen LogP contribution in [0.25, 0.3) is 5.57 Å². The van der Waals surface area contributed by atoms with Crippen LogP contribution in [-0.2, 0) is 0 Å². The molecule has 0 aromatic heterocycles. The van der Waals surface area contributed by atoms with Crippen molar-refractivity contribution in [2.75, 3.05) is 0 Å². The van der Waals surface area contributed by atoms with E-state index in [9.17, 15) is 5.11 Å². The molecule has 1 unspecified atom stereocenters. The minimum absolute atomic E-state index is 0.152. The van der Waals surface area contributed by atoms with Crippen LogP contribution in [0.4, 0.5) is 0 Å². The molecule has 0 bridgehead atoms. The van der Waals surface area contributed by atoms with Gasteiger partial charge in [0, 0.05) is 5.41 Å². The molecule has 0 fully saturated rings. The van der Waals surface area contributed by atoms with Crippen molar-refractivity contribution in [1.29, 1.82) is 0 Å². The van der Waals surface area contributed by atoms with Gasteiger partial charge in [-0.2, -0.15) is 0 Å². The van der Waals surface area contributed by atoms with Crippen LogP contribution in [0.1, 0.15) is 32.8 Å². The quantitative estimate of drug-likeness (QED) is 0.370. The number of benzene rings is 1. The first kappa shape index (κ1) is 26.6. The first-order chi connectivity index (χ1) is 17.4. The summed E-state index contributed by atoms with van der Waals surface area (Å²) in [4.78, 5) is 0. The molecule has 1 aromatic carbocycles. The number of nitrogens with two attached hydrogens (primary N) is 1. The van der Waals surface area contributed by atoms with Crippen LogP contribution in [0.5, 0.6) is 0 Å². The maximum Gasteiger partial charge on any atom is 0.111 e. The van der Waals surface area contributed by atoms with E-state index in [0.29, 0.717) is 5.76 Å². The fourth-order valence-electron chi connectivity index (χ4n) is 4.65. The molecular weight excluding hydrogens is 438 g/mol. The van der Waals surface area contributed by atoms with Crippen LogP contribution in [0.15, 0.2) is 156 Å². The maximum atomic E-state index is 9.74. The summed E-state index contributed by atoms with van der Waals surface area (Å²) >= 11 is 0. The lowest BCUT2D eigenvalue weighted by Crippen LogP contribution is -2.14. The van der Waals surface area contributed by atoms with Gasteiger partial charge in [-0.3, -0.25) is 0 Å². The molecule has 1 atom stereocenters. The number of hydrogen-bond donors (Lipinski definition) is 2. The number of hydrogen-bond acceptors (Lipinski definition) is 2. The van der Waals surface area contributed by atoms with E-state index in [1.54, 1.807) is 6.08 Å². The van der Waals surface area contributed by atoms with E-state index >= 15 is 0 Å². The number of rotatable bonds is 8. The first-order valence-corrected chi connectivity index (χ1v) is 12.4. The van der Waals surface area contributed by atoms with E-state index in [1.165, 1.54) is 22.9 Å². The van der Waals surface area contributed by atoms with Crippen LogP contribution in [0.2, 0.25) is 0 Å². The van der Waals surface area contributed by atoms with Gasteiger partial charge in [-0.25, -0.2) is 0 Å². The second kappa shape index (κ2) is 12.6. The third-order valence-electron chi connectivity index (χ3n) is 6.50. The van der Waals surface area contributed by atoms with Crippen molar-refractivity contribution in [2.24, 2.45) is 17.1 Å². The maximum absolute atomic E-state index is 9.74. The molecule has 2 aliphatic carbocycles. The van der Waals surface area contributed by atoms with Gasteiger partial charge < -0.3 is 10.8 Å². The van der Waals surface area contributed by atoms with Crippen molar-refractivity contribution >= 4 is 5.57 Å².